The van der Waals surface area contributed by atoms with Crippen molar-refractivity contribution in [2.24, 2.45) is 0 Å². The molecule has 0 aliphatic carbocycles. The Bertz CT molecular complexity index is 609. The van der Waals surface area contributed by atoms with Crippen molar-refractivity contribution in [3.63, 3.8) is 0 Å². The number of carbonyl (C=O) groups excluding carboxylic acids is 1. The van der Waals surface area contributed by atoms with Crippen molar-refractivity contribution in [1.82, 2.24) is 9.97 Å². The number of anilines is 1. The van der Waals surface area contributed by atoms with Crippen LogP contribution in [0.3, 0.4) is 0 Å². The molecule has 2 aromatic heterocycles. The van der Waals surface area contributed by atoms with Crippen LogP contribution in [0.1, 0.15) is 10.4 Å². The molecule has 0 aliphatic heterocycles. The van der Waals surface area contributed by atoms with Crippen LogP contribution in [-0.2, 0) is 0 Å². The molecule has 0 aromatic carbocycles. The van der Waals surface area contributed by atoms with Gasteiger partial charge in [-0.05, 0) is 12.1 Å². The van der Waals surface area contributed by atoms with Crippen molar-refractivity contribution >= 4 is 23.3 Å². The molecule has 5 nitrogen and oxygen atoms in total. The second-order valence-electron chi connectivity index (χ2n) is 3.21. The highest BCUT2D eigenvalue weighted by Crippen LogP contribution is 2.17. The van der Waals surface area contributed by atoms with Crippen molar-refractivity contribution < 1.29 is 4.79 Å². The molecule has 0 saturated carbocycles. The molecule has 86 valence electrons. The molecular formula is C11H8ClN3O2. The number of nitrogens with one attached hydrogen (secondary N) is 2. The van der Waals surface area contributed by atoms with Gasteiger partial charge >= 0.3 is 0 Å². The molecular weight excluding hydrogens is 242 g/mol. The molecule has 0 unspecified atom stereocenters. The summed E-state index contributed by atoms with van der Waals surface area (Å²) in [4.78, 5) is 29.7. The predicted octanol–water partition coefficient (Wildman–Crippen LogP) is 1.68. The van der Waals surface area contributed by atoms with E-state index in [1.54, 1.807) is 12.1 Å². The van der Waals surface area contributed by atoms with Crippen LogP contribution in [0, 0.1) is 0 Å². The van der Waals surface area contributed by atoms with E-state index in [2.05, 4.69) is 15.3 Å². The van der Waals surface area contributed by atoms with Gasteiger partial charge in [0.25, 0.3) is 5.91 Å². The van der Waals surface area contributed by atoms with E-state index in [4.69, 9.17) is 11.6 Å². The van der Waals surface area contributed by atoms with Gasteiger partial charge in [-0.1, -0.05) is 11.6 Å². The average molecular weight is 250 g/mol. The van der Waals surface area contributed by atoms with Gasteiger partial charge in [-0.25, -0.2) is 4.98 Å². The number of aromatic nitrogens is 2. The van der Waals surface area contributed by atoms with E-state index in [1.165, 1.54) is 24.7 Å². The quantitative estimate of drug-likeness (QED) is 0.850. The first-order chi connectivity index (χ1) is 8.18. The first kappa shape index (κ1) is 11.3. The number of nitrogens with zero attached hydrogens (tertiary/aromatic N) is 1. The van der Waals surface area contributed by atoms with Gasteiger partial charge in [-0.3, -0.25) is 9.59 Å². The molecule has 17 heavy (non-hydrogen) atoms. The molecule has 0 radical (unpaired) electrons. The highest BCUT2D eigenvalue weighted by molar-refractivity contribution is 6.33. The largest absolute Gasteiger partial charge is 0.367 e. The average Bonchev–Trinajstić information content (AvgIpc) is 2.32. The van der Waals surface area contributed by atoms with E-state index in [0.717, 1.165) is 0 Å². The Hall–Kier alpha value is -2.14. The van der Waals surface area contributed by atoms with Crippen molar-refractivity contribution in [3.8, 4) is 0 Å². The zero-order valence-corrected chi connectivity index (χ0v) is 9.36. The summed E-state index contributed by atoms with van der Waals surface area (Å²) in [5.74, 6) is -0.324. The van der Waals surface area contributed by atoms with Gasteiger partial charge in [-0.15, -0.1) is 0 Å². The molecule has 0 spiro atoms. The van der Waals surface area contributed by atoms with Crippen LogP contribution in [0.25, 0.3) is 0 Å². The summed E-state index contributed by atoms with van der Waals surface area (Å²) in [6.45, 7) is 0. The monoisotopic (exact) mass is 249 g/mol. The van der Waals surface area contributed by atoms with E-state index < -0.39 is 5.91 Å². The lowest BCUT2D eigenvalue weighted by atomic mass is 10.2. The number of aromatic amines is 1. The smallest absolute Gasteiger partial charge is 0.262 e. The van der Waals surface area contributed by atoms with Crippen molar-refractivity contribution in [3.05, 3.63) is 57.6 Å². The fraction of sp³-hybridized carbons (Fsp3) is 0. The number of amides is 1. The standard InChI is InChI=1S/C11H8ClN3O2/c12-8-2-1-4-14-10(8)15-11(17)7-6-13-5-3-9(7)16/h1-6H,(H,13,16)(H,14,15,17). The van der Waals surface area contributed by atoms with Crippen LogP contribution in [0.2, 0.25) is 5.02 Å². The molecule has 2 heterocycles. The predicted molar refractivity (Wildman–Crippen MR) is 64.3 cm³/mol. The number of halogens is 1. The van der Waals surface area contributed by atoms with Gasteiger partial charge in [0.05, 0.1) is 5.02 Å². The molecule has 0 atom stereocenters. The Kier molecular flexibility index (Phi) is 3.20. The maximum atomic E-state index is 11.8. The van der Waals surface area contributed by atoms with Crippen molar-refractivity contribution in [2.75, 3.05) is 5.32 Å². The number of pyridine rings is 2. The molecule has 0 fully saturated rings. The van der Waals surface area contributed by atoms with Gasteiger partial charge in [-0.2, -0.15) is 0 Å². The van der Waals surface area contributed by atoms with Crippen LogP contribution in [0.15, 0.2) is 41.6 Å². The zero-order valence-electron chi connectivity index (χ0n) is 8.61. The second-order valence-corrected chi connectivity index (χ2v) is 3.62. The first-order valence-electron chi connectivity index (χ1n) is 4.77. The Morgan fingerprint density at radius 1 is 1.41 bits per heavy atom. The summed E-state index contributed by atoms with van der Waals surface area (Å²) in [6, 6.07) is 4.52. The van der Waals surface area contributed by atoms with Crippen LogP contribution in [0.4, 0.5) is 5.82 Å². The summed E-state index contributed by atoms with van der Waals surface area (Å²) in [5, 5.41) is 2.78. The van der Waals surface area contributed by atoms with E-state index in [1.807, 2.05) is 0 Å². The maximum Gasteiger partial charge on any atom is 0.262 e. The lowest BCUT2D eigenvalue weighted by Gasteiger charge is -2.04. The Morgan fingerprint density at radius 3 is 2.94 bits per heavy atom. The summed E-state index contributed by atoms with van der Waals surface area (Å²) >= 11 is 5.83. The number of hydrogen-bond acceptors (Lipinski definition) is 3. The van der Waals surface area contributed by atoms with E-state index in [0.29, 0.717) is 5.02 Å². The third kappa shape index (κ3) is 2.51. The molecule has 0 saturated heterocycles. The molecule has 0 bridgehead atoms. The number of carbonyl (C=O) groups is 1. The van der Waals surface area contributed by atoms with Crippen molar-refractivity contribution in [2.45, 2.75) is 0 Å². The Labute approximate surface area is 101 Å². The Balaban J connectivity index is 2.27. The SMILES string of the molecule is O=C(Nc1ncccc1Cl)c1c[nH]ccc1=O. The van der Waals surface area contributed by atoms with Gasteiger partial charge in [0, 0.05) is 24.7 Å². The molecule has 0 aliphatic rings. The lowest BCUT2D eigenvalue weighted by molar-refractivity contribution is 0.102. The number of H-pyrrole nitrogens is 1. The van der Waals surface area contributed by atoms with Crippen LogP contribution in [-0.4, -0.2) is 15.9 Å². The van der Waals surface area contributed by atoms with E-state index in [9.17, 15) is 9.59 Å². The molecule has 1 amide bonds. The maximum absolute atomic E-state index is 11.8. The summed E-state index contributed by atoms with van der Waals surface area (Å²) in [6.07, 6.45) is 4.28. The van der Waals surface area contributed by atoms with E-state index >= 15 is 0 Å². The van der Waals surface area contributed by atoms with E-state index in [-0.39, 0.29) is 16.8 Å². The molecule has 2 rings (SSSR count). The van der Waals surface area contributed by atoms with Gasteiger partial charge in [0.15, 0.2) is 11.2 Å². The minimum absolute atomic E-state index is 0.00854. The summed E-state index contributed by atoms with van der Waals surface area (Å²) in [7, 11) is 0. The molecule has 6 heteroatoms. The van der Waals surface area contributed by atoms with Crippen LogP contribution < -0.4 is 10.7 Å². The number of rotatable bonds is 2. The third-order valence-corrected chi connectivity index (χ3v) is 2.36. The Morgan fingerprint density at radius 2 is 2.24 bits per heavy atom. The normalized spacial score (nSPS) is 9.94. The van der Waals surface area contributed by atoms with Crippen LogP contribution in [0.5, 0.6) is 0 Å². The summed E-state index contributed by atoms with van der Waals surface area (Å²) < 4.78 is 0. The topological polar surface area (TPSA) is 74.8 Å². The van der Waals surface area contributed by atoms with Crippen molar-refractivity contribution in [1.29, 1.82) is 0 Å². The van der Waals surface area contributed by atoms with Gasteiger partial charge in [0.1, 0.15) is 5.56 Å². The van der Waals surface area contributed by atoms with Crippen LogP contribution >= 0.6 is 11.6 Å². The highest BCUT2D eigenvalue weighted by atomic mass is 35.5. The minimum atomic E-state index is -0.549. The fourth-order valence-corrected chi connectivity index (χ4v) is 1.41. The van der Waals surface area contributed by atoms with Gasteiger partial charge < -0.3 is 10.3 Å². The zero-order chi connectivity index (χ0) is 12.3. The molecule has 2 aromatic rings. The fourth-order valence-electron chi connectivity index (χ4n) is 1.25. The highest BCUT2D eigenvalue weighted by Gasteiger charge is 2.11. The first-order valence-corrected chi connectivity index (χ1v) is 5.15. The summed E-state index contributed by atoms with van der Waals surface area (Å²) in [5.41, 5.74) is -0.359. The third-order valence-electron chi connectivity index (χ3n) is 2.06. The minimum Gasteiger partial charge on any atom is -0.367 e. The molecule has 2 N–H and O–H groups in total. The second kappa shape index (κ2) is 4.80. The van der Waals surface area contributed by atoms with Gasteiger partial charge in [0.2, 0.25) is 0 Å². The number of hydrogen-bond donors (Lipinski definition) is 2. The lowest BCUT2D eigenvalue weighted by Crippen LogP contribution is -2.21.